The third-order valence-corrected chi connectivity index (χ3v) is 4.45. The monoisotopic (exact) mass is 370 g/mol. The van der Waals surface area contributed by atoms with E-state index in [-0.39, 0.29) is 17.4 Å². The lowest BCUT2D eigenvalue weighted by Gasteiger charge is -2.31. The molecule has 0 saturated carbocycles. The zero-order valence-corrected chi connectivity index (χ0v) is 15.1. The van der Waals surface area contributed by atoms with E-state index in [1.807, 2.05) is 13.8 Å². The lowest BCUT2D eigenvalue weighted by Crippen LogP contribution is -2.50. The van der Waals surface area contributed by atoms with Crippen LogP contribution in [0.15, 0.2) is 24.3 Å². The summed E-state index contributed by atoms with van der Waals surface area (Å²) in [6.45, 7) is 5.29. The van der Waals surface area contributed by atoms with E-state index in [1.165, 1.54) is 0 Å². The van der Waals surface area contributed by atoms with Crippen LogP contribution in [0.1, 0.15) is 55.5 Å². The predicted octanol–water partition coefficient (Wildman–Crippen LogP) is 3.86. The summed E-state index contributed by atoms with van der Waals surface area (Å²) in [6.07, 6.45) is -0.961. The molecule has 144 valence electrons. The highest BCUT2D eigenvalue weighted by Crippen LogP contribution is 2.29. The number of halogens is 3. The number of rotatable bonds is 5. The first-order valence-corrected chi connectivity index (χ1v) is 8.95. The minimum absolute atomic E-state index is 0.109. The lowest BCUT2D eigenvalue weighted by molar-refractivity contribution is -0.137. The van der Waals surface area contributed by atoms with Crippen molar-refractivity contribution in [2.45, 2.75) is 51.7 Å². The fraction of sp³-hybridized carbons (Fsp3) is 0.579. The van der Waals surface area contributed by atoms with Crippen molar-refractivity contribution in [2.75, 3.05) is 13.1 Å². The molecular formula is C19H25F3N2O2. The summed E-state index contributed by atoms with van der Waals surface area (Å²) in [7, 11) is 0. The highest BCUT2D eigenvalue weighted by Gasteiger charge is 2.31. The molecule has 0 aliphatic carbocycles. The molecule has 1 aromatic rings. The first kappa shape index (κ1) is 20.3. The number of benzene rings is 1. The number of hydrogen-bond acceptors (Lipinski definition) is 2. The summed E-state index contributed by atoms with van der Waals surface area (Å²) in [6, 6.07) is 3.35. The molecule has 2 rings (SSSR count). The Balaban J connectivity index is 2.09. The van der Waals surface area contributed by atoms with Gasteiger partial charge in [-0.15, -0.1) is 0 Å². The summed E-state index contributed by atoms with van der Waals surface area (Å²) in [5.41, 5.74) is -0.699. The molecule has 0 spiro atoms. The van der Waals surface area contributed by atoms with Gasteiger partial charge in [0.2, 0.25) is 5.91 Å². The molecule has 0 radical (unpaired) electrons. The van der Waals surface area contributed by atoms with E-state index in [0.717, 1.165) is 43.5 Å². The van der Waals surface area contributed by atoms with E-state index in [1.54, 1.807) is 4.90 Å². The highest BCUT2D eigenvalue weighted by molar-refractivity contribution is 5.97. The number of piperidine rings is 1. The van der Waals surface area contributed by atoms with Crippen LogP contribution in [0.2, 0.25) is 0 Å². The van der Waals surface area contributed by atoms with Crippen LogP contribution in [-0.2, 0) is 11.0 Å². The molecule has 2 amide bonds. The van der Waals surface area contributed by atoms with Gasteiger partial charge in [-0.05, 0) is 55.9 Å². The van der Waals surface area contributed by atoms with E-state index in [4.69, 9.17) is 0 Å². The van der Waals surface area contributed by atoms with Crippen molar-refractivity contribution in [3.8, 4) is 0 Å². The van der Waals surface area contributed by atoms with Crippen molar-refractivity contribution in [1.29, 1.82) is 0 Å². The largest absolute Gasteiger partial charge is 0.416 e. The number of nitrogens with zero attached hydrogens (tertiary/aromatic N) is 1. The first-order valence-electron chi connectivity index (χ1n) is 8.95. The molecule has 1 fully saturated rings. The van der Waals surface area contributed by atoms with Crippen molar-refractivity contribution >= 4 is 11.8 Å². The van der Waals surface area contributed by atoms with Gasteiger partial charge in [0.1, 0.15) is 6.04 Å². The van der Waals surface area contributed by atoms with Crippen LogP contribution in [0.5, 0.6) is 0 Å². The Kier molecular flexibility index (Phi) is 6.67. The standard InChI is InChI=1S/C19H25F3N2O2/c1-13(2)12-16(18(26)24-10-4-3-5-11-24)23-17(25)14-6-8-15(9-7-14)19(20,21)22/h6-9,13,16H,3-5,10-12H2,1-2H3,(H,23,25)/t16-/m1/s1. The summed E-state index contributed by atoms with van der Waals surface area (Å²) in [5, 5.41) is 2.71. The summed E-state index contributed by atoms with van der Waals surface area (Å²) < 4.78 is 37.9. The average Bonchev–Trinajstić information content (AvgIpc) is 2.60. The van der Waals surface area contributed by atoms with E-state index < -0.39 is 23.7 Å². The zero-order chi connectivity index (χ0) is 19.3. The van der Waals surface area contributed by atoms with Gasteiger partial charge in [-0.3, -0.25) is 9.59 Å². The molecule has 0 aromatic heterocycles. The molecule has 1 aliphatic rings. The summed E-state index contributed by atoms with van der Waals surface area (Å²) >= 11 is 0. The van der Waals surface area contributed by atoms with Crippen LogP contribution in [0.25, 0.3) is 0 Å². The van der Waals surface area contributed by atoms with Gasteiger partial charge in [-0.25, -0.2) is 0 Å². The van der Waals surface area contributed by atoms with E-state index in [9.17, 15) is 22.8 Å². The second-order valence-electron chi connectivity index (χ2n) is 7.12. The van der Waals surface area contributed by atoms with Crippen molar-refractivity contribution in [3.05, 3.63) is 35.4 Å². The molecule has 1 atom stereocenters. The quantitative estimate of drug-likeness (QED) is 0.856. The van der Waals surface area contributed by atoms with Gasteiger partial charge in [-0.2, -0.15) is 13.2 Å². The van der Waals surface area contributed by atoms with Crippen molar-refractivity contribution in [3.63, 3.8) is 0 Å². The number of nitrogens with one attached hydrogen (secondary N) is 1. The Morgan fingerprint density at radius 3 is 2.15 bits per heavy atom. The Morgan fingerprint density at radius 2 is 1.65 bits per heavy atom. The van der Waals surface area contributed by atoms with Gasteiger partial charge < -0.3 is 10.2 Å². The van der Waals surface area contributed by atoms with E-state index >= 15 is 0 Å². The maximum atomic E-state index is 12.7. The minimum Gasteiger partial charge on any atom is -0.341 e. The summed E-state index contributed by atoms with van der Waals surface area (Å²) in [5.74, 6) is -0.449. The molecule has 1 aromatic carbocycles. The molecule has 0 unspecified atom stereocenters. The fourth-order valence-corrected chi connectivity index (χ4v) is 3.08. The number of hydrogen-bond donors (Lipinski definition) is 1. The SMILES string of the molecule is CC(C)C[C@@H](NC(=O)c1ccc(C(F)(F)F)cc1)C(=O)N1CCCCC1. The topological polar surface area (TPSA) is 49.4 Å². The van der Waals surface area contributed by atoms with E-state index in [0.29, 0.717) is 19.5 Å². The van der Waals surface area contributed by atoms with Crippen LogP contribution >= 0.6 is 0 Å². The van der Waals surface area contributed by atoms with Gasteiger partial charge in [0.15, 0.2) is 0 Å². The molecule has 7 heteroatoms. The molecule has 0 bridgehead atoms. The lowest BCUT2D eigenvalue weighted by atomic mass is 10.0. The highest BCUT2D eigenvalue weighted by atomic mass is 19.4. The van der Waals surface area contributed by atoms with Crippen LogP contribution < -0.4 is 5.32 Å². The number of amides is 2. The van der Waals surface area contributed by atoms with Crippen LogP contribution in [0.3, 0.4) is 0 Å². The molecule has 1 heterocycles. The first-order chi connectivity index (χ1) is 12.2. The number of likely N-dealkylation sites (tertiary alicyclic amines) is 1. The average molecular weight is 370 g/mol. The Hall–Kier alpha value is -2.05. The normalized spacial score (nSPS) is 16.5. The maximum absolute atomic E-state index is 12.7. The van der Waals surface area contributed by atoms with Crippen LogP contribution in [-0.4, -0.2) is 35.8 Å². The zero-order valence-electron chi connectivity index (χ0n) is 15.1. The van der Waals surface area contributed by atoms with E-state index in [2.05, 4.69) is 5.32 Å². The van der Waals surface area contributed by atoms with Gasteiger partial charge in [-0.1, -0.05) is 13.8 Å². The molecule has 26 heavy (non-hydrogen) atoms. The number of alkyl halides is 3. The summed E-state index contributed by atoms with van der Waals surface area (Å²) in [4.78, 5) is 26.9. The number of carbonyl (C=O) groups is 2. The maximum Gasteiger partial charge on any atom is 0.416 e. The second-order valence-corrected chi connectivity index (χ2v) is 7.12. The second kappa shape index (κ2) is 8.56. The third-order valence-electron chi connectivity index (χ3n) is 4.45. The van der Waals surface area contributed by atoms with Gasteiger partial charge in [0, 0.05) is 18.7 Å². The van der Waals surface area contributed by atoms with Crippen molar-refractivity contribution in [2.24, 2.45) is 5.92 Å². The number of carbonyl (C=O) groups excluding carboxylic acids is 2. The Morgan fingerprint density at radius 1 is 1.08 bits per heavy atom. The van der Waals surface area contributed by atoms with Gasteiger partial charge in [0.05, 0.1) is 5.56 Å². The van der Waals surface area contributed by atoms with Crippen molar-refractivity contribution < 1.29 is 22.8 Å². The molecule has 4 nitrogen and oxygen atoms in total. The van der Waals surface area contributed by atoms with Crippen LogP contribution in [0.4, 0.5) is 13.2 Å². The molecule has 1 N–H and O–H groups in total. The smallest absolute Gasteiger partial charge is 0.341 e. The van der Waals surface area contributed by atoms with Crippen molar-refractivity contribution in [1.82, 2.24) is 10.2 Å². The molecule has 1 saturated heterocycles. The van der Waals surface area contributed by atoms with Gasteiger partial charge in [0.25, 0.3) is 5.91 Å². The third kappa shape index (κ3) is 5.47. The molecule has 1 aliphatic heterocycles. The fourth-order valence-electron chi connectivity index (χ4n) is 3.08. The van der Waals surface area contributed by atoms with Crippen LogP contribution in [0, 0.1) is 5.92 Å². The minimum atomic E-state index is -4.45. The Labute approximate surface area is 151 Å². The Bertz CT molecular complexity index is 621. The van der Waals surface area contributed by atoms with Gasteiger partial charge >= 0.3 is 6.18 Å². The molecular weight excluding hydrogens is 345 g/mol. The predicted molar refractivity (Wildman–Crippen MR) is 92.6 cm³/mol.